The van der Waals surface area contributed by atoms with Crippen LogP contribution in [0.3, 0.4) is 0 Å². The minimum atomic E-state index is -0.395. The smallest absolute Gasteiger partial charge is 0.220 e. The molecule has 1 rings (SSSR count). The van der Waals surface area contributed by atoms with Crippen LogP contribution in [0.25, 0.3) is 0 Å². The molecule has 0 aromatic rings. The third-order valence-electron chi connectivity index (χ3n) is 2.60. The molecule has 1 fully saturated rings. The lowest BCUT2D eigenvalue weighted by Gasteiger charge is -2.10. The van der Waals surface area contributed by atoms with E-state index in [0.717, 1.165) is 25.9 Å². The second-order valence-electron chi connectivity index (χ2n) is 4.16. The summed E-state index contributed by atoms with van der Waals surface area (Å²) in [4.78, 5) is 11.3. The normalized spacial score (nSPS) is 22.7. The van der Waals surface area contributed by atoms with Crippen LogP contribution in [-0.4, -0.2) is 36.4 Å². The van der Waals surface area contributed by atoms with Gasteiger partial charge in [0.25, 0.3) is 0 Å². The van der Waals surface area contributed by atoms with Crippen molar-refractivity contribution in [3.8, 4) is 0 Å². The van der Waals surface area contributed by atoms with Gasteiger partial charge < -0.3 is 15.2 Å². The van der Waals surface area contributed by atoms with Crippen LogP contribution in [0.4, 0.5) is 0 Å². The third kappa shape index (κ3) is 5.74. The van der Waals surface area contributed by atoms with Crippen molar-refractivity contribution in [2.45, 2.75) is 51.2 Å². The molecular weight excluding hydrogens is 194 g/mol. The summed E-state index contributed by atoms with van der Waals surface area (Å²) < 4.78 is 5.44. The van der Waals surface area contributed by atoms with E-state index < -0.39 is 6.10 Å². The second kappa shape index (κ2) is 6.80. The van der Waals surface area contributed by atoms with Gasteiger partial charge in [-0.15, -0.1) is 0 Å². The first kappa shape index (κ1) is 12.5. The molecular formula is C11H21NO3. The number of aliphatic hydroxyl groups excluding tert-OH is 1. The van der Waals surface area contributed by atoms with Crippen molar-refractivity contribution in [1.29, 1.82) is 0 Å². The molecule has 0 spiro atoms. The standard InChI is InChI=1S/C11H21NO3/c1-9(13)4-5-11(14)12-7-6-10-3-2-8-15-10/h9-10,13H,2-8H2,1H3,(H,12,14). The average molecular weight is 215 g/mol. The zero-order chi connectivity index (χ0) is 11.1. The molecule has 0 aliphatic carbocycles. The highest BCUT2D eigenvalue weighted by molar-refractivity contribution is 5.75. The summed E-state index contributed by atoms with van der Waals surface area (Å²) in [7, 11) is 0. The molecule has 0 bridgehead atoms. The van der Waals surface area contributed by atoms with Crippen molar-refractivity contribution in [2.75, 3.05) is 13.2 Å². The Morgan fingerprint density at radius 2 is 2.47 bits per heavy atom. The molecule has 2 unspecified atom stereocenters. The summed E-state index contributed by atoms with van der Waals surface area (Å²) in [6, 6.07) is 0. The monoisotopic (exact) mass is 215 g/mol. The number of hydrogen-bond acceptors (Lipinski definition) is 3. The zero-order valence-corrected chi connectivity index (χ0v) is 9.37. The Bertz CT molecular complexity index is 188. The number of amides is 1. The molecule has 0 radical (unpaired) electrons. The maximum absolute atomic E-state index is 11.3. The van der Waals surface area contributed by atoms with Crippen LogP contribution in [0.15, 0.2) is 0 Å². The first-order valence-electron chi connectivity index (χ1n) is 5.75. The van der Waals surface area contributed by atoms with Gasteiger partial charge >= 0.3 is 0 Å². The molecule has 88 valence electrons. The Kier molecular flexibility index (Phi) is 5.65. The summed E-state index contributed by atoms with van der Waals surface area (Å²) >= 11 is 0. The minimum Gasteiger partial charge on any atom is -0.393 e. The van der Waals surface area contributed by atoms with Crippen LogP contribution in [0.5, 0.6) is 0 Å². The summed E-state index contributed by atoms with van der Waals surface area (Å²) in [6.07, 6.45) is 4.04. The average Bonchev–Trinajstić information content (AvgIpc) is 2.67. The Morgan fingerprint density at radius 3 is 3.07 bits per heavy atom. The van der Waals surface area contributed by atoms with E-state index in [4.69, 9.17) is 9.84 Å². The maximum atomic E-state index is 11.3. The fourth-order valence-corrected chi connectivity index (χ4v) is 1.67. The SMILES string of the molecule is CC(O)CCC(=O)NCCC1CCCO1. The van der Waals surface area contributed by atoms with Gasteiger partial charge in [-0.2, -0.15) is 0 Å². The van der Waals surface area contributed by atoms with E-state index in [0.29, 0.717) is 25.5 Å². The Balaban J connectivity index is 1.96. The van der Waals surface area contributed by atoms with Gasteiger partial charge in [0, 0.05) is 19.6 Å². The molecule has 0 saturated carbocycles. The molecule has 1 saturated heterocycles. The number of rotatable bonds is 6. The Labute approximate surface area is 91.0 Å². The summed E-state index contributed by atoms with van der Waals surface area (Å²) in [5, 5.41) is 11.8. The van der Waals surface area contributed by atoms with E-state index in [9.17, 15) is 4.79 Å². The highest BCUT2D eigenvalue weighted by Gasteiger charge is 2.15. The largest absolute Gasteiger partial charge is 0.393 e. The van der Waals surface area contributed by atoms with Crippen molar-refractivity contribution < 1.29 is 14.6 Å². The van der Waals surface area contributed by atoms with Gasteiger partial charge in [0.05, 0.1) is 12.2 Å². The predicted octanol–water partition coefficient (Wildman–Crippen LogP) is 0.833. The van der Waals surface area contributed by atoms with Gasteiger partial charge in [-0.3, -0.25) is 4.79 Å². The van der Waals surface area contributed by atoms with E-state index in [1.54, 1.807) is 6.92 Å². The first-order valence-corrected chi connectivity index (χ1v) is 5.75. The van der Waals surface area contributed by atoms with Gasteiger partial charge in [-0.25, -0.2) is 0 Å². The molecule has 1 aliphatic heterocycles. The van der Waals surface area contributed by atoms with Crippen molar-refractivity contribution in [3.05, 3.63) is 0 Å². The minimum absolute atomic E-state index is 0.0221. The molecule has 4 heteroatoms. The number of carbonyl (C=O) groups excluding carboxylic acids is 1. The third-order valence-corrected chi connectivity index (χ3v) is 2.60. The Hall–Kier alpha value is -0.610. The van der Waals surface area contributed by atoms with Gasteiger partial charge in [0.2, 0.25) is 5.91 Å². The highest BCUT2D eigenvalue weighted by atomic mass is 16.5. The van der Waals surface area contributed by atoms with Gasteiger partial charge in [-0.1, -0.05) is 0 Å². The molecule has 1 aliphatic rings. The molecule has 0 aromatic carbocycles. The van der Waals surface area contributed by atoms with E-state index in [-0.39, 0.29) is 5.91 Å². The fourth-order valence-electron chi connectivity index (χ4n) is 1.67. The van der Waals surface area contributed by atoms with Gasteiger partial charge in [0.1, 0.15) is 0 Å². The van der Waals surface area contributed by atoms with E-state index >= 15 is 0 Å². The van der Waals surface area contributed by atoms with Crippen LogP contribution in [-0.2, 0) is 9.53 Å². The first-order chi connectivity index (χ1) is 7.18. The van der Waals surface area contributed by atoms with E-state index in [2.05, 4.69) is 5.32 Å². The second-order valence-corrected chi connectivity index (χ2v) is 4.16. The van der Waals surface area contributed by atoms with E-state index in [1.165, 1.54) is 0 Å². The summed E-state index contributed by atoms with van der Waals surface area (Å²) in [5.74, 6) is 0.0221. The predicted molar refractivity (Wildman–Crippen MR) is 57.5 cm³/mol. The van der Waals surface area contributed by atoms with Crippen LogP contribution in [0.1, 0.15) is 39.0 Å². The van der Waals surface area contributed by atoms with E-state index in [1.807, 2.05) is 0 Å². The molecule has 1 amide bonds. The van der Waals surface area contributed by atoms with Crippen LogP contribution >= 0.6 is 0 Å². The topological polar surface area (TPSA) is 58.6 Å². The van der Waals surface area contributed by atoms with Crippen molar-refractivity contribution in [3.63, 3.8) is 0 Å². The van der Waals surface area contributed by atoms with Crippen molar-refractivity contribution in [2.24, 2.45) is 0 Å². The lowest BCUT2D eigenvalue weighted by Crippen LogP contribution is -2.27. The quantitative estimate of drug-likeness (QED) is 0.690. The maximum Gasteiger partial charge on any atom is 0.220 e. The van der Waals surface area contributed by atoms with Crippen LogP contribution < -0.4 is 5.32 Å². The van der Waals surface area contributed by atoms with Crippen molar-refractivity contribution >= 4 is 5.91 Å². The number of carbonyl (C=O) groups is 1. The Morgan fingerprint density at radius 1 is 1.67 bits per heavy atom. The van der Waals surface area contributed by atoms with Gasteiger partial charge in [-0.05, 0) is 32.6 Å². The highest BCUT2D eigenvalue weighted by Crippen LogP contribution is 2.14. The molecule has 1 heterocycles. The zero-order valence-electron chi connectivity index (χ0n) is 9.37. The number of hydrogen-bond donors (Lipinski definition) is 2. The van der Waals surface area contributed by atoms with Crippen molar-refractivity contribution in [1.82, 2.24) is 5.32 Å². The molecule has 4 nitrogen and oxygen atoms in total. The number of aliphatic hydroxyl groups is 1. The molecule has 15 heavy (non-hydrogen) atoms. The fraction of sp³-hybridized carbons (Fsp3) is 0.909. The lowest BCUT2D eigenvalue weighted by molar-refractivity contribution is -0.121. The number of ether oxygens (including phenoxy) is 1. The van der Waals surface area contributed by atoms with Crippen LogP contribution in [0, 0.1) is 0 Å². The van der Waals surface area contributed by atoms with Gasteiger partial charge in [0.15, 0.2) is 0 Å². The molecule has 2 N–H and O–H groups in total. The number of nitrogens with one attached hydrogen (secondary N) is 1. The summed E-state index contributed by atoms with van der Waals surface area (Å²) in [6.45, 7) is 3.24. The molecule has 2 atom stereocenters. The summed E-state index contributed by atoms with van der Waals surface area (Å²) in [5.41, 5.74) is 0. The molecule has 0 aromatic heterocycles. The van der Waals surface area contributed by atoms with Crippen LogP contribution in [0.2, 0.25) is 0 Å². The lowest BCUT2D eigenvalue weighted by atomic mass is 10.2.